The minimum Gasteiger partial charge on any atom is -0.314 e. The fourth-order valence-corrected chi connectivity index (χ4v) is 2.99. The Morgan fingerprint density at radius 3 is 2.45 bits per heavy atom. The summed E-state index contributed by atoms with van der Waals surface area (Å²) in [5.74, 6) is -2.33. The van der Waals surface area contributed by atoms with Gasteiger partial charge in [0, 0.05) is 39.0 Å². The van der Waals surface area contributed by atoms with Crippen LogP contribution in [0.15, 0.2) is 17.0 Å². The number of hydrogen-bond acceptors (Lipinski definition) is 4. The van der Waals surface area contributed by atoms with E-state index >= 15 is 0 Å². The topological polar surface area (TPSA) is 49.4 Å². The van der Waals surface area contributed by atoms with Crippen molar-refractivity contribution in [2.24, 2.45) is 0 Å². The summed E-state index contributed by atoms with van der Waals surface area (Å²) in [6.07, 6.45) is 1.23. The first-order valence-corrected chi connectivity index (χ1v) is 8.39. The van der Waals surface area contributed by atoms with Gasteiger partial charge in [0.05, 0.1) is 0 Å². The van der Waals surface area contributed by atoms with Crippen LogP contribution in [-0.4, -0.2) is 52.3 Å². The number of rotatable bonds is 4. The summed E-state index contributed by atoms with van der Waals surface area (Å²) in [5.41, 5.74) is 0.216. The van der Waals surface area contributed by atoms with Gasteiger partial charge in [-0.15, -0.1) is 0 Å². The fourth-order valence-electron chi connectivity index (χ4n) is 2.26. The number of hydrogen-bond donors (Lipinski definition) is 1. The Balaban J connectivity index is 2.11. The second kappa shape index (κ2) is 6.15. The molecule has 2 rings (SSSR count). The molecule has 1 N–H and O–H groups in total. The molecule has 0 amide bonds. The predicted molar refractivity (Wildman–Crippen MR) is 72.5 cm³/mol. The summed E-state index contributed by atoms with van der Waals surface area (Å²) in [4.78, 5) is 1.58. The summed E-state index contributed by atoms with van der Waals surface area (Å²) in [6.45, 7) is 4.18. The molecule has 4 nitrogen and oxygen atoms in total. The molecule has 0 aromatic heterocycles. The second-order valence-electron chi connectivity index (χ2n) is 4.96. The van der Waals surface area contributed by atoms with E-state index in [4.69, 9.17) is 0 Å². The minimum atomic E-state index is -3.74. The first kappa shape index (κ1) is 15.3. The molecule has 0 saturated carbocycles. The minimum absolute atomic E-state index is 0.216. The van der Waals surface area contributed by atoms with Gasteiger partial charge in [0.15, 0.2) is 21.5 Å². The average Bonchev–Trinajstić information content (AvgIpc) is 2.40. The lowest BCUT2D eigenvalue weighted by atomic mass is 10.1. The molecule has 0 bridgehead atoms. The van der Waals surface area contributed by atoms with Crippen molar-refractivity contribution in [2.45, 2.75) is 11.3 Å². The Hall–Kier alpha value is -1.05. The Morgan fingerprint density at radius 1 is 1.20 bits per heavy atom. The lowest BCUT2D eigenvalue weighted by molar-refractivity contribution is 0.243. The van der Waals surface area contributed by atoms with E-state index in [1.54, 1.807) is 0 Å². The second-order valence-corrected chi connectivity index (χ2v) is 6.95. The third-order valence-corrected chi connectivity index (χ3v) is 4.55. The molecule has 0 atom stereocenters. The summed E-state index contributed by atoms with van der Waals surface area (Å²) in [7, 11) is -3.74. The van der Waals surface area contributed by atoms with Gasteiger partial charge in [-0.1, -0.05) is 6.07 Å². The number of nitrogens with one attached hydrogen (secondary N) is 1. The van der Waals surface area contributed by atoms with Crippen LogP contribution < -0.4 is 5.32 Å². The van der Waals surface area contributed by atoms with Crippen LogP contribution in [0.25, 0.3) is 0 Å². The highest BCUT2D eigenvalue weighted by Gasteiger charge is 2.20. The molecule has 1 aromatic rings. The van der Waals surface area contributed by atoms with E-state index < -0.39 is 26.4 Å². The highest BCUT2D eigenvalue weighted by atomic mass is 32.2. The van der Waals surface area contributed by atoms with E-state index in [-0.39, 0.29) is 5.56 Å². The molecule has 1 aromatic carbocycles. The van der Waals surface area contributed by atoms with E-state index in [2.05, 4.69) is 10.2 Å². The maximum Gasteiger partial charge on any atom is 0.178 e. The zero-order chi connectivity index (χ0) is 14.8. The van der Waals surface area contributed by atoms with E-state index in [9.17, 15) is 17.2 Å². The summed E-state index contributed by atoms with van der Waals surface area (Å²) < 4.78 is 50.2. The smallest absolute Gasteiger partial charge is 0.178 e. The lowest BCUT2D eigenvalue weighted by Crippen LogP contribution is -2.44. The van der Waals surface area contributed by atoms with Crippen LogP contribution in [0, 0.1) is 11.6 Å². The first-order valence-electron chi connectivity index (χ1n) is 6.49. The third kappa shape index (κ3) is 3.53. The van der Waals surface area contributed by atoms with Crippen LogP contribution in [-0.2, 0) is 16.3 Å². The zero-order valence-electron chi connectivity index (χ0n) is 11.3. The quantitative estimate of drug-likeness (QED) is 0.894. The Bertz CT molecular complexity index is 584. The standard InChI is InChI=1S/C13H18F2N2O2S/c1-20(18,19)11-3-2-10(12(14)13(11)15)4-7-17-8-5-16-6-9-17/h2-3,16H,4-9H2,1H3. The van der Waals surface area contributed by atoms with E-state index in [0.717, 1.165) is 38.5 Å². The van der Waals surface area contributed by atoms with Crippen LogP contribution in [0.2, 0.25) is 0 Å². The van der Waals surface area contributed by atoms with Gasteiger partial charge in [-0.25, -0.2) is 17.2 Å². The first-order chi connectivity index (χ1) is 9.39. The predicted octanol–water partition coefficient (Wildman–Crippen LogP) is 0.816. The molecule has 1 saturated heterocycles. The average molecular weight is 304 g/mol. The van der Waals surface area contributed by atoms with Crippen LogP contribution in [0.5, 0.6) is 0 Å². The molecule has 1 fully saturated rings. The van der Waals surface area contributed by atoms with E-state index in [1.165, 1.54) is 6.07 Å². The molecule has 0 unspecified atom stereocenters. The van der Waals surface area contributed by atoms with Gasteiger partial charge in [0.2, 0.25) is 0 Å². The van der Waals surface area contributed by atoms with Gasteiger partial charge >= 0.3 is 0 Å². The molecule has 7 heteroatoms. The van der Waals surface area contributed by atoms with E-state index in [0.29, 0.717) is 13.0 Å². The van der Waals surface area contributed by atoms with Crippen molar-refractivity contribution >= 4 is 9.84 Å². The third-order valence-electron chi connectivity index (χ3n) is 3.43. The number of halogens is 2. The number of nitrogens with zero attached hydrogens (tertiary/aromatic N) is 1. The van der Waals surface area contributed by atoms with E-state index in [1.807, 2.05) is 0 Å². The molecule has 0 radical (unpaired) electrons. The highest BCUT2D eigenvalue weighted by molar-refractivity contribution is 7.90. The summed E-state index contributed by atoms with van der Waals surface area (Å²) in [6, 6.07) is 2.50. The Labute approximate surface area is 117 Å². The lowest BCUT2D eigenvalue weighted by Gasteiger charge is -2.27. The fraction of sp³-hybridized carbons (Fsp3) is 0.538. The summed E-state index contributed by atoms with van der Waals surface area (Å²) in [5, 5.41) is 3.22. The van der Waals surface area contributed by atoms with Crippen molar-refractivity contribution in [1.29, 1.82) is 0 Å². The highest BCUT2D eigenvalue weighted by Crippen LogP contribution is 2.21. The van der Waals surface area contributed by atoms with Gasteiger partial charge in [0.1, 0.15) is 4.90 Å². The Kier molecular flexibility index (Phi) is 4.72. The van der Waals surface area contributed by atoms with Gasteiger partial charge in [0.25, 0.3) is 0 Å². The van der Waals surface area contributed by atoms with Crippen molar-refractivity contribution in [2.75, 3.05) is 39.0 Å². The SMILES string of the molecule is CS(=O)(=O)c1ccc(CCN2CCNCC2)c(F)c1F. The molecule has 1 aliphatic rings. The molecule has 0 spiro atoms. The van der Waals surface area contributed by atoms with Crippen LogP contribution >= 0.6 is 0 Å². The van der Waals surface area contributed by atoms with Crippen molar-refractivity contribution in [3.8, 4) is 0 Å². The number of piperazine rings is 1. The van der Waals surface area contributed by atoms with Crippen LogP contribution in [0.3, 0.4) is 0 Å². The summed E-state index contributed by atoms with van der Waals surface area (Å²) >= 11 is 0. The monoisotopic (exact) mass is 304 g/mol. The van der Waals surface area contributed by atoms with Crippen LogP contribution in [0.1, 0.15) is 5.56 Å². The van der Waals surface area contributed by atoms with Crippen molar-refractivity contribution in [3.05, 3.63) is 29.3 Å². The van der Waals surface area contributed by atoms with Crippen molar-refractivity contribution in [3.63, 3.8) is 0 Å². The zero-order valence-corrected chi connectivity index (χ0v) is 12.1. The van der Waals surface area contributed by atoms with Gasteiger partial charge in [-0.2, -0.15) is 0 Å². The van der Waals surface area contributed by atoms with Crippen molar-refractivity contribution in [1.82, 2.24) is 10.2 Å². The normalized spacial score (nSPS) is 17.4. The molecule has 0 aliphatic carbocycles. The van der Waals surface area contributed by atoms with Gasteiger partial charge in [-0.05, 0) is 18.1 Å². The number of benzene rings is 1. The molecule has 1 heterocycles. The van der Waals surface area contributed by atoms with Gasteiger partial charge < -0.3 is 10.2 Å². The van der Waals surface area contributed by atoms with Crippen LogP contribution in [0.4, 0.5) is 8.78 Å². The molecule has 112 valence electrons. The largest absolute Gasteiger partial charge is 0.314 e. The van der Waals surface area contributed by atoms with Crippen molar-refractivity contribution < 1.29 is 17.2 Å². The van der Waals surface area contributed by atoms with Gasteiger partial charge in [-0.3, -0.25) is 0 Å². The molecule has 1 aliphatic heterocycles. The Morgan fingerprint density at radius 2 is 1.85 bits per heavy atom. The maximum absolute atomic E-state index is 13.9. The molecular formula is C13H18F2N2O2S. The number of sulfone groups is 1. The molecular weight excluding hydrogens is 286 g/mol. The molecule has 20 heavy (non-hydrogen) atoms. The maximum atomic E-state index is 13.9.